The van der Waals surface area contributed by atoms with Crippen LogP contribution in [0, 0.1) is 0 Å². The van der Waals surface area contributed by atoms with Crippen LogP contribution < -0.4 is 34.9 Å². The van der Waals surface area contributed by atoms with Gasteiger partial charge in [-0.15, -0.1) is 0 Å². The Hall–Kier alpha value is -0.850. The van der Waals surface area contributed by atoms with Crippen molar-refractivity contribution in [2.75, 3.05) is 5.32 Å². The van der Waals surface area contributed by atoms with Gasteiger partial charge in [0.25, 0.3) is 0 Å². The van der Waals surface area contributed by atoms with Crippen molar-refractivity contribution >= 4 is 15.8 Å². The Morgan fingerprint density at radius 1 is 0.947 bits per heavy atom. The van der Waals surface area contributed by atoms with Crippen molar-refractivity contribution in [1.82, 2.24) is 0 Å². The molecule has 0 aromatic heterocycles. The Morgan fingerprint density at radius 3 is 2.05 bits per heavy atom. The van der Waals surface area contributed by atoms with Gasteiger partial charge in [-0.2, -0.15) is 0 Å². The molecular weight excluding hydrogens is 273 g/mol. The summed E-state index contributed by atoms with van der Waals surface area (Å²) in [7, 11) is -4.36. The Labute approximate surface area is 134 Å². The van der Waals surface area contributed by atoms with E-state index in [0.717, 1.165) is 11.3 Å². The first-order valence-corrected chi connectivity index (χ1v) is 6.80. The fraction of sp³-hybridized carbons (Fsp3) is 0.0769. The minimum absolute atomic E-state index is 0. The summed E-state index contributed by atoms with van der Waals surface area (Å²) in [6.07, 6.45) is 0. The molecule has 19 heavy (non-hydrogen) atoms. The third-order valence-electron chi connectivity index (χ3n) is 2.48. The van der Waals surface area contributed by atoms with Crippen LogP contribution in [-0.2, 0) is 16.7 Å². The van der Waals surface area contributed by atoms with Crippen LogP contribution in [0.3, 0.4) is 0 Å². The first-order chi connectivity index (χ1) is 8.55. The van der Waals surface area contributed by atoms with Crippen LogP contribution in [0.5, 0.6) is 0 Å². The van der Waals surface area contributed by atoms with Crippen molar-refractivity contribution in [3.8, 4) is 0 Å². The van der Waals surface area contributed by atoms with E-state index >= 15 is 0 Å². The average Bonchev–Trinajstić information content (AvgIpc) is 2.37. The molecule has 0 amide bonds. The van der Waals surface area contributed by atoms with E-state index in [9.17, 15) is 13.0 Å². The van der Waals surface area contributed by atoms with Gasteiger partial charge in [-0.25, -0.2) is 8.42 Å². The van der Waals surface area contributed by atoms with E-state index < -0.39 is 10.1 Å². The second-order valence-electron chi connectivity index (χ2n) is 3.82. The van der Waals surface area contributed by atoms with Gasteiger partial charge in [-0.1, -0.05) is 30.3 Å². The summed E-state index contributed by atoms with van der Waals surface area (Å²) in [5.74, 6) is 0. The van der Waals surface area contributed by atoms with Crippen LogP contribution in [0.15, 0.2) is 59.5 Å². The molecule has 0 radical (unpaired) electrons. The van der Waals surface area contributed by atoms with Gasteiger partial charge in [-0.3, -0.25) is 0 Å². The summed E-state index contributed by atoms with van der Waals surface area (Å²) in [4.78, 5) is -0.215. The monoisotopic (exact) mass is 285 g/mol. The van der Waals surface area contributed by atoms with E-state index in [4.69, 9.17) is 0 Å². The van der Waals surface area contributed by atoms with Crippen LogP contribution in [0.4, 0.5) is 5.69 Å². The fourth-order valence-corrected chi connectivity index (χ4v) is 2.01. The zero-order chi connectivity index (χ0) is 13.0. The minimum atomic E-state index is -4.36. The van der Waals surface area contributed by atoms with Gasteiger partial charge in [0.2, 0.25) is 0 Å². The largest absolute Gasteiger partial charge is 1.00 e. The van der Waals surface area contributed by atoms with Crippen LogP contribution in [0.25, 0.3) is 0 Å². The Balaban J connectivity index is 0.00000180. The van der Waals surface area contributed by atoms with Crippen LogP contribution in [0.2, 0.25) is 0 Å². The third-order valence-corrected chi connectivity index (χ3v) is 3.33. The SMILES string of the molecule is O=S(=O)([O-])c1ccc(NCc2ccccc2)cc1.[Na+]. The molecule has 0 spiro atoms. The summed E-state index contributed by atoms with van der Waals surface area (Å²) in [6.45, 7) is 0.643. The zero-order valence-electron chi connectivity index (χ0n) is 10.5. The van der Waals surface area contributed by atoms with E-state index in [0.29, 0.717) is 6.54 Å². The van der Waals surface area contributed by atoms with Crippen molar-refractivity contribution in [1.29, 1.82) is 0 Å². The number of hydrogen-bond acceptors (Lipinski definition) is 4. The van der Waals surface area contributed by atoms with E-state index in [2.05, 4.69) is 5.32 Å². The molecule has 2 aromatic carbocycles. The van der Waals surface area contributed by atoms with Gasteiger partial charge in [0.15, 0.2) is 0 Å². The van der Waals surface area contributed by atoms with E-state index in [1.165, 1.54) is 12.1 Å². The summed E-state index contributed by atoms with van der Waals surface area (Å²) < 4.78 is 32.2. The van der Waals surface area contributed by atoms with E-state index in [-0.39, 0.29) is 34.5 Å². The molecule has 2 aromatic rings. The fourth-order valence-electron chi connectivity index (χ4n) is 1.54. The molecule has 4 nitrogen and oxygen atoms in total. The molecule has 0 saturated carbocycles. The predicted octanol–water partition coefficient (Wildman–Crippen LogP) is -0.793. The maximum absolute atomic E-state index is 10.7. The smallest absolute Gasteiger partial charge is 0.744 e. The average molecular weight is 285 g/mol. The molecule has 0 bridgehead atoms. The molecule has 0 saturated heterocycles. The van der Waals surface area contributed by atoms with Crippen molar-refractivity contribution in [2.45, 2.75) is 11.4 Å². The van der Waals surface area contributed by atoms with Crippen LogP contribution in [0.1, 0.15) is 5.56 Å². The Morgan fingerprint density at radius 2 is 1.53 bits per heavy atom. The first-order valence-electron chi connectivity index (χ1n) is 5.39. The first kappa shape index (κ1) is 16.2. The third kappa shape index (κ3) is 4.97. The topological polar surface area (TPSA) is 69.2 Å². The molecule has 0 unspecified atom stereocenters. The van der Waals surface area contributed by atoms with Crippen molar-refractivity contribution in [3.63, 3.8) is 0 Å². The van der Waals surface area contributed by atoms with Gasteiger partial charge in [0.05, 0.1) is 4.90 Å². The number of hydrogen-bond donors (Lipinski definition) is 1. The molecule has 6 heteroatoms. The standard InChI is InChI=1S/C13H13NO3S.Na/c15-18(16,17)13-8-6-12(7-9-13)14-10-11-4-2-1-3-5-11;/h1-9,14H,10H2,(H,15,16,17);/q;+1/p-1. The second-order valence-corrected chi connectivity index (χ2v) is 5.20. The molecule has 0 atom stereocenters. The number of rotatable bonds is 4. The van der Waals surface area contributed by atoms with Gasteiger partial charge in [-0.05, 0) is 29.8 Å². The van der Waals surface area contributed by atoms with Crippen molar-refractivity contribution in [3.05, 3.63) is 60.2 Å². The Bertz CT molecular complexity index is 612. The van der Waals surface area contributed by atoms with Crippen molar-refractivity contribution < 1.29 is 42.5 Å². The quantitative estimate of drug-likeness (QED) is 0.590. The molecule has 0 fully saturated rings. The Kier molecular flexibility index (Phi) is 6.03. The van der Waals surface area contributed by atoms with Crippen LogP contribution >= 0.6 is 0 Å². The summed E-state index contributed by atoms with van der Waals surface area (Å²) in [5.41, 5.74) is 1.89. The number of nitrogens with one attached hydrogen (secondary N) is 1. The molecule has 0 aliphatic carbocycles. The van der Waals surface area contributed by atoms with Gasteiger partial charge in [0, 0.05) is 12.2 Å². The van der Waals surface area contributed by atoms with E-state index in [1.807, 2.05) is 30.3 Å². The molecule has 0 heterocycles. The molecule has 1 N–H and O–H groups in total. The summed E-state index contributed by atoms with van der Waals surface area (Å²) in [6, 6.07) is 15.6. The maximum Gasteiger partial charge on any atom is 1.00 e. The predicted molar refractivity (Wildman–Crippen MR) is 68.2 cm³/mol. The zero-order valence-corrected chi connectivity index (χ0v) is 13.4. The number of anilines is 1. The molecular formula is C13H12NNaO3S. The van der Waals surface area contributed by atoms with E-state index in [1.54, 1.807) is 12.1 Å². The second kappa shape index (κ2) is 7.07. The molecule has 0 aliphatic rings. The van der Waals surface area contributed by atoms with Gasteiger partial charge >= 0.3 is 29.6 Å². The minimum Gasteiger partial charge on any atom is -0.744 e. The van der Waals surface area contributed by atoms with Gasteiger partial charge in [0.1, 0.15) is 10.1 Å². The van der Waals surface area contributed by atoms with Gasteiger partial charge < -0.3 is 9.87 Å². The summed E-state index contributed by atoms with van der Waals surface area (Å²) in [5, 5.41) is 3.14. The molecule has 94 valence electrons. The maximum atomic E-state index is 10.7. The molecule has 0 aliphatic heterocycles. The summed E-state index contributed by atoms with van der Waals surface area (Å²) >= 11 is 0. The number of benzene rings is 2. The van der Waals surface area contributed by atoms with Crippen molar-refractivity contribution in [2.24, 2.45) is 0 Å². The van der Waals surface area contributed by atoms with Crippen LogP contribution in [-0.4, -0.2) is 13.0 Å². The molecule has 2 rings (SSSR count). The normalized spacial score (nSPS) is 10.6.